The molecule has 0 saturated carbocycles. The number of rotatable bonds is 5. The van der Waals surface area contributed by atoms with Gasteiger partial charge in [0.2, 0.25) is 10.0 Å². The Morgan fingerprint density at radius 1 is 1.08 bits per heavy atom. The van der Waals surface area contributed by atoms with Crippen LogP contribution in [0, 0.1) is 0 Å². The van der Waals surface area contributed by atoms with Crippen molar-refractivity contribution in [2.75, 3.05) is 13.1 Å². The molecule has 1 aliphatic rings. The Morgan fingerprint density at radius 3 is 2.38 bits per heavy atom. The molecule has 0 spiro atoms. The second-order valence-corrected chi connectivity index (χ2v) is 11.1. The van der Waals surface area contributed by atoms with Gasteiger partial charge in [-0.2, -0.15) is 4.31 Å². The minimum Gasteiger partial charge on any atom is -0.468 e. The summed E-state index contributed by atoms with van der Waals surface area (Å²) < 4.78 is 57.0. The summed E-state index contributed by atoms with van der Waals surface area (Å²) in [6, 6.07) is 7.49. The maximum absolute atomic E-state index is 12.8. The Labute approximate surface area is 162 Å². The quantitative estimate of drug-likeness (QED) is 0.715. The van der Waals surface area contributed by atoms with Gasteiger partial charge in [-0.15, -0.1) is 0 Å². The van der Waals surface area contributed by atoms with Gasteiger partial charge in [0.15, 0.2) is 9.84 Å². The minimum absolute atomic E-state index is 0.0661. The highest BCUT2D eigenvalue weighted by atomic mass is 35.5. The SMILES string of the molecule is O=S(=O)(Cc1ccco1)C1CCN(S(=O)(=O)c2cc(Cl)ccc2Cl)CC1. The van der Waals surface area contributed by atoms with E-state index in [9.17, 15) is 16.8 Å². The van der Waals surface area contributed by atoms with Crippen molar-refractivity contribution in [3.63, 3.8) is 0 Å². The number of hydrogen-bond acceptors (Lipinski definition) is 5. The predicted molar refractivity (Wildman–Crippen MR) is 99.6 cm³/mol. The summed E-state index contributed by atoms with van der Waals surface area (Å²) >= 11 is 11.9. The van der Waals surface area contributed by atoms with Crippen LogP contribution in [-0.2, 0) is 25.6 Å². The number of sulfonamides is 1. The van der Waals surface area contributed by atoms with Gasteiger partial charge in [0.1, 0.15) is 16.4 Å². The molecule has 1 fully saturated rings. The van der Waals surface area contributed by atoms with Crippen LogP contribution in [0.5, 0.6) is 0 Å². The topological polar surface area (TPSA) is 84.7 Å². The summed E-state index contributed by atoms with van der Waals surface area (Å²) in [4.78, 5) is -0.0661. The Balaban J connectivity index is 1.72. The number of benzene rings is 1. The van der Waals surface area contributed by atoms with E-state index < -0.39 is 25.1 Å². The molecule has 0 atom stereocenters. The molecule has 26 heavy (non-hydrogen) atoms. The molecule has 1 aliphatic heterocycles. The lowest BCUT2D eigenvalue weighted by Crippen LogP contribution is -2.42. The average molecular weight is 438 g/mol. The largest absolute Gasteiger partial charge is 0.468 e. The molecular weight excluding hydrogens is 421 g/mol. The van der Waals surface area contributed by atoms with Crippen molar-refractivity contribution in [2.45, 2.75) is 28.7 Å². The van der Waals surface area contributed by atoms with Crippen LogP contribution >= 0.6 is 23.2 Å². The predicted octanol–water partition coefficient (Wildman–Crippen LogP) is 3.35. The second kappa shape index (κ2) is 7.52. The fourth-order valence-electron chi connectivity index (χ4n) is 2.96. The fourth-order valence-corrected chi connectivity index (χ4v) is 6.89. The third kappa shape index (κ3) is 4.09. The van der Waals surface area contributed by atoms with E-state index in [-0.39, 0.29) is 46.6 Å². The lowest BCUT2D eigenvalue weighted by Gasteiger charge is -2.31. The van der Waals surface area contributed by atoms with E-state index in [1.165, 1.54) is 28.8 Å². The van der Waals surface area contributed by atoms with Crippen LogP contribution in [0.1, 0.15) is 18.6 Å². The van der Waals surface area contributed by atoms with Crippen LogP contribution in [-0.4, -0.2) is 39.5 Å². The molecule has 6 nitrogen and oxygen atoms in total. The van der Waals surface area contributed by atoms with Crippen LogP contribution < -0.4 is 0 Å². The van der Waals surface area contributed by atoms with Gasteiger partial charge >= 0.3 is 0 Å². The molecule has 0 N–H and O–H groups in total. The van der Waals surface area contributed by atoms with E-state index >= 15 is 0 Å². The number of halogens is 2. The lowest BCUT2D eigenvalue weighted by atomic mass is 10.2. The first kappa shape index (κ1) is 19.7. The van der Waals surface area contributed by atoms with Gasteiger partial charge in [-0.1, -0.05) is 23.2 Å². The molecule has 2 heterocycles. The standard InChI is InChI=1S/C16H17Cl2NO5S2/c17-12-3-4-15(18)16(10-12)26(22,23)19-7-5-14(6-8-19)25(20,21)11-13-2-1-9-24-13/h1-4,9-10,14H,5-8,11H2. The molecule has 2 aromatic rings. The van der Waals surface area contributed by atoms with Gasteiger partial charge in [0.05, 0.1) is 16.5 Å². The van der Waals surface area contributed by atoms with Gasteiger partial charge < -0.3 is 4.42 Å². The number of hydrogen-bond donors (Lipinski definition) is 0. The Kier molecular flexibility index (Phi) is 5.69. The van der Waals surface area contributed by atoms with Gasteiger partial charge in [-0.25, -0.2) is 16.8 Å². The summed E-state index contributed by atoms with van der Waals surface area (Å²) in [7, 11) is -7.25. The van der Waals surface area contributed by atoms with Crippen LogP contribution in [0.3, 0.4) is 0 Å². The second-order valence-electron chi connectivity index (χ2n) is 6.06. The monoisotopic (exact) mass is 437 g/mol. The van der Waals surface area contributed by atoms with Crippen molar-refractivity contribution >= 4 is 43.1 Å². The number of piperidine rings is 1. The van der Waals surface area contributed by atoms with Crippen LogP contribution in [0.2, 0.25) is 10.0 Å². The molecular formula is C16H17Cl2NO5S2. The van der Waals surface area contributed by atoms with Crippen molar-refractivity contribution in [3.05, 3.63) is 52.4 Å². The normalized spacial score (nSPS) is 17.5. The van der Waals surface area contributed by atoms with E-state index in [2.05, 4.69) is 0 Å². The fraction of sp³-hybridized carbons (Fsp3) is 0.375. The van der Waals surface area contributed by atoms with Crippen molar-refractivity contribution in [2.24, 2.45) is 0 Å². The van der Waals surface area contributed by atoms with E-state index in [1.54, 1.807) is 12.1 Å². The number of nitrogens with zero attached hydrogens (tertiary/aromatic N) is 1. The van der Waals surface area contributed by atoms with Crippen molar-refractivity contribution in [1.82, 2.24) is 4.31 Å². The molecule has 1 saturated heterocycles. The zero-order chi connectivity index (χ0) is 18.9. The first-order chi connectivity index (χ1) is 12.2. The van der Waals surface area contributed by atoms with E-state index in [4.69, 9.17) is 27.6 Å². The minimum atomic E-state index is -3.83. The molecule has 0 bridgehead atoms. The molecule has 142 valence electrons. The summed E-state index contributed by atoms with van der Waals surface area (Å²) in [5, 5.41) is -0.250. The highest BCUT2D eigenvalue weighted by Crippen LogP contribution is 2.30. The van der Waals surface area contributed by atoms with Crippen molar-refractivity contribution in [3.8, 4) is 0 Å². The smallest absolute Gasteiger partial charge is 0.244 e. The third-order valence-electron chi connectivity index (χ3n) is 4.34. The Hall–Kier alpha value is -1.06. The Bertz CT molecular complexity index is 980. The highest BCUT2D eigenvalue weighted by Gasteiger charge is 2.36. The maximum Gasteiger partial charge on any atom is 0.244 e. The highest BCUT2D eigenvalue weighted by molar-refractivity contribution is 7.91. The van der Waals surface area contributed by atoms with Gasteiger partial charge in [0.25, 0.3) is 0 Å². The first-order valence-corrected chi connectivity index (χ1v) is 11.8. The van der Waals surface area contributed by atoms with Crippen LogP contribution in [0.4, 0.5) is 0 Å². The molecule has 0 amide bonds. The maximum atomic E-state index is 12.8. The first-order valence-electron chi connectivity index (χ1n) is 7.89. The summed E-state index contributed by atoms with van der Waals surface area (Å²) in [6.45, 7) is 0.209. The third-order valence-corrected chi connectivity index (χ3v) is 9.13. The summed E-state index contributed by atoms with van der Waals surface area (Å²) in [5.41, 5.74) is 0. The van der Waals surface area contributed by atoms with E-state index in [0.717, 1.165) is 0 Å². The van der Waals surface area contributed by atoms with Crippen LogP contribution in [0.15, 0.2) is 45.9 Å². The van der Waals surface area contributed by atoms with Crippen molar-refractivity contribution < 1.29 is 21.3 Å². The molecule has 0 radical (unpaired) electrons. The zero-order valence-corrected chi connectivity index (χ0v) is 16.8. The molecule has 3 rings (SSSR count). The van der Waals surface area contributed by atoms with Crippen molar-refractivity contribution in [1.29, 1.82) is 0 Å². The molecule has 1 aromatic heterocycles. The van der Waals surface area contributed by atoms with Gasteiger partial charge in [-0.3, -0.25) is 0 Å². The van der Waals surface area contributed by atoms with Gasteiger partial charge in [0, 0.05) is 18.1 Å². The number of sulfone groups is 1. The molecule has 0 unspecified atom stereocenters. The molecule has 0 aliphatic carbocycles. The summed E-state index contributed by atoms with van der Waals surface area (Å²) in [6.07, 6.45) is 1.87. The average Bonchev–Trinajstić information content (AvgIpc) is 3.09. The Morgan fingerprint density at radius 2 is 1.77 bits per heavy atom. The van der Waals surface area contributed by atoms with Gasteiger partial charge in [-0.05, 0) is 43.2 Å². The van der Waals surface area contributed by atoms with E-state index in [1.807, 2.05) is 0 Å². The number of furan rings is 1. The summed E-state index contributed by atoms with van der Waals surface area (Å²) in [5.74, 6) is 0.197. The molecule has 1 aromatic carbocycles. The zero-order valence-electron chi connectivity index (χ0n) is 13.6. The lowest BCUT2D eigenvalue weighted by molar-refractivity contribution is 0.345. The molecule has 10 heteroatoms. The van der Waals surface area contributed by atoms with Crippen LogP contribution in [0.25, 0.3) is 0 Å². The van der Waals surface area contributed by atoms with E-state index in [0.29, 0.717) is 5.76 Å².